The van der Waals surface area contributed by atoms with E-state index in [-0.39, 0.29) is 6.04 Å². The van der Waals surface area contributed by atoms with Gasteiger partial charge in [-0.25, -0.2) is 0 Å². The van der Waals surface area contributed by atoms with Crippen LogP contribution in [0.1, 0.15) is 17.2 Å². The average molecular weight is 352 g/mol. The molecule has 1 aromatic carbocycles. The van der Waals surface area contributed by atoms with Crippen molar-refractivity contribution in [2.24, 2.45) is 0 Å². The van der Waals surface area contributed by atoms with Crippen molar-refractivity contribution in [2.75, 3.05) is 26.7 Å². The Bertz CT molecular complexity index is 666. The Morgan fingerprint density at radius 3 is 3.00 bits per heavy atom. The van der Waals surface area contributed by atoms with E-state index < -0.39 is 0 Å². The molecule has 1 saturated heterocycles. The van der Waals surface area contributed by atoms with Crippen molar-refractivity contribution < 1.29 is 4.74 Å². The van der Waals surface area contributed by atoms with Crippen molar-refractivity contribution in [3.63, 3.8) is 0 Å². The van der Waals surface area contributed by atoms with E-state index in [1.54, 1.807) is 19.4 Å². The third-order valence-corrected chi connectivity index (χ3v) is 4.59. The highest BCUT2D eigenvalue weighted by Crippen LogP contribution is 2.34. The van der Waals surface area contributed by atoms with Crippen LogP contribution in [0.4, 0.5) is 0 Å². The summed E-state index contributed by atoms with van der Waals surface area (Å²) in [6.45, 7) is 3.51. The molecule has 0 spiro atoms. The number of hydrogen-bond donors (Lipinski definition) is 1. The number of nitrogens with one attached hydrogen (secondary N) is 1. The lowest BCUT2D eigenvalue weighted by molar-refractivity contribution is 0.152. The van der Waals surface area contributed by atoms with Gasteiger partial charge in [-0.15, -0.1) is 0 Å². The number of ether oxygens (including phenoxy) is 1. The second kappa shape index (κ2) is 7.49. The van der Waals surface area contributed by atoms with Gasteiger partial charge in [0, 0.05) is 55.2 Å². The van der Waals surface area contributed by atoms with Crippen molar-refractivity contribution in [2.45, 2.75) is 12.6 Å². The van der Waals surface area contributed by atoms with Crippen LogP contribution >= 0.6 is 23.2 Å². The molecule has 1 atom stereocenters. The zero-order valence-corrected chi connectivity index (χ0v) is 14.4. The van der Waals surface area contributed by atoms with E-state index >= 15 is 0 Å². The fraction of sp³-hybridized carbons (Fsp3) is 0.353. The second-order valence-electron chi connectivity index (χ2n) is 5.56. The maximum Gasteiger partial charge on any atom is 0.142 e. The minimum atomic E-state index is 0.264. The Balaban J connectivity index is 1.88. The van der Waals surface area contributed by atoms with E-state index in [1.807, 2.05) is 18.3 Å². The molecule has 0 bridgehead atoms. The minimum absolute atomic E-state index is 0.264. The molecule has 0 amide bonds. The maximum atomic E-state index is 6.26. The molecule has 0 saturated carbocycles. The zero-order valence-electron chi connectivity index (χ0n) is 12.9. The lowest BCUT2D eigenvalue weighted by Gasteiger charge is -2.36. The SMILES string of the molecule is COc1c(Cl)cc(Cl)cc1CN1CCNCC1c1cccnc1. The summed E-state index contributed by atoms with van der Waals surface area (Å²) in [5, 5.41) is 4.62. The van der Waals surface area contributed by atoms with Crippen LogP contribution in [0.15, 0.2) is 36.7 Å². The minimum Gasteiger partial charge on any atom is -0.495 e. The Morgan fingerprint density at radius 2 is 2.26 bits per heavy atom. The number of rotatable bonds is 4. The topological polar surface area (TPSA) is 37.4 Å². The standard InChI is InChI=1S/C17H19Cl2N3O/c1-23-17-13(7-14(18)8-15(17)19)11-22-6-5-21-10-16(22)12-3-2-4-20-9-12/h2-4,7-9,16,21H,5-6,10-11H2,1H3. The highest BCUT2D eigenvalue weighted by molar-refractivity contribution is 6.35. The Hall–Kier alpha value is -1.33. The summed E-state index contributed by atoms with van der Waals surface area (Å²) in [5.41, 5.74) is 2.20. The zero-order chi connectivity index (χ0) is 16.2. The van der Waals surface area contributed by atoms with Gasteiger partial charge in [0.1, 0.15) is 5.75 Å². The van der Waals surface area contributed by atoms with E-state index in [1.165, 1.54) is 5.56 Å². The van der Waals surface area contributed by atoms with E-state index in [2.05, 4.69) is 21.3 Å². The van der Waals surface area contributed by atoms with Crippen molar-refractivity contribution in [3.05, 3.63) is 57.8 Å². The molecule has 1 aliphatic rings. The molecule has 122 valence electrons. The number of nitrogens with zero attached hydrogens (tertiary/aromatic N) is 2. The third kappa shape index (κ3) is 3.78. The number of benzene rings is 1. The van der Waals surface area contributed by atoms with Gasteiger partial charge in [-0.1, -0.05) is 29.3 Å². The quantitative estimate of drug-likeness (QED) is 0.913. The number of pyridine rings is 1. The van der Waals surface area contributed by atoms with Gasteiger partial charge in [0.15, 0.2) is 0 Å². The first kappa shape index (κ1) is 16.5. The molecule has 2 heterocycles. The van der Waals surface area contributed by atoms with Gasteiger partial charge < -0.3 is 10.1 Å². The number of piperazine rings is 1. The molecular formula is C17H19Cl2N3O. The highest BCUT2D eigenvalue weighted by atomic mass is 35.5. The Labute approximate surface area is 146 Å². The first-order valence-electron chi connectivity index (χ1n) is 7.55. The monoisotopic (exact) mass is 351 g/mol. The van der Waals surface area contributed by atoms with Crippen LogP contribution in [0.2, 0.25) is 10.0 Å². The summed E-state index contributed by atoms with van der Waals surface area (Å²) >= 11 is 12.4. The number of aromatic nitrogens is 1. The molecule has 0 aliphatic carbocycles. The molecule has 4 nitrogen and oxygen atoms in total. The van der Waals surface area contributed by atoms with Gasteiger partial charge >= 0.3 is 0 Å². The average Bonchev–Trinajstić information content (AvgIpc) is 2.56. The molecule has 23 heavy (non-hydrogen) atoms. The van der Waals surface area contributed by atoms with Crippen LogP contribution in [-0.2, 0) is 6.54 Å². The first-order chi connectivity index (χ1) is 11.2. The largest absolute Gasteiger partial charge is 0.495 e. The van der Waals surface area contributed by atoms with Gasteiger partial charge in [-0.2, -0.15) is 0 Å². The summed E-state index contributed by atoms with van der Waals surface area (Å²) in [6.07, 6.45) is 3.72. The molecule has 1 unspecified atom stereocenters. The van der Waals surface area contributed by atoms with Crippen LogP contribution in [0.3, 0.4) is 0 Å². The molecule has 3 rings (SSSR count). The predicted octanol–water partition coefficient (Wildman–Crippen LogP) is 3.54. The van der Waals surface area contributed by atoms with Crippen molar-refractivity contribution in [1.29, 1.82) is 0 Å². The van der Waals surface area contributed by atoms with Gasteiger partial charge in [-0.3, -0.25) is 9.88 Å². The molecule has 1 aromatic heterocycles. The molecule has 2 aromatic rings. The smallest absolute Gasteiger partial charge is 0.142 e. The predicted molar refractivity (Wildman–Crippen MR) is 93.3 cm³/mol. The first-order valence-corrected chi connectivity index (χ1v) is 8.31. The number of hydrogen-bond acceptors (Lipinski definition) is 4. The van der Waals surface area contributed by atoms with E-state index in [0.29, 0.717) is 15.8 Å². The van der Waals surface area contributed by atoms with Crippen LogP contribution in [0, 0.1) is 0 Å². The van der Waals surface area contributed by atoms with Crippen molar-refractivity contribution in [3.8, 4) is 5.75 Å². The van der Waals surface area contributed by atoms with Gasteiger partial charge in [0.25, 0.3) is 0 Å². The van der Waals surface area contributed by atoms with Crippen LogP contribution in [0.25, 0.3) is 0 Å². The van der Waals surface area contributed by atoms with Gasteiger partial charge in [0.05, 0.1) is 12.1 Å². The summed E-state index contributed by atoms with van der Waals surface area (Å²) < 4.78 is 5.47. The Morgan fingerprint density at radius 1 is 1.39 bits per heavy atom. The number of methoxy groups -OCH3 is 1. The maximum absolute atomic E-state index is 6.26. The highest BCUT2D eigenvalue weighted by Gasteiger charge is 2.25. The fourth-order valence-electron chi connectivity index (χ4n) is 3.02. The second-order valence-corrected chi connectivity index (χ2v) is 6.40. The normalized spacial score (nSPS) is 18.8. The fourth-order valence-corrected chi connectivity index (χ4v) is 3.63. The Kier molecular flexibility index (Phi) is 5.38. The lowest BCUT2D eigenvalue weighted by Crippen LogP contribution is -2.45. The molecule has 1 aliphatic heterocycles. The summed E-state index contributed by atoms with van der Waals surface area (Å²) in [6, 6.07) is 7.98. The van der Waals surface area contributed by atoms with Gasteiger partial charge in [0.2, 0.25) is 0 Å². The summed E-state index contributed by atoms with van der Waals surface area (Å²) in [4.78, 5) is 6.64. The molecule has 1 N–H and O–H groups in total. The van der Waals surface area contributed by atoms with Crippen molar-refractivity contribution >= 4 is 23.2 Å². The van der Waals surface area contributed by atoms with Crippen LogP contribution in [-0.4, -0.2) is 36.6 Å². The van der Waals surface area contributed by atoms with Crippen molar-refractivity contribution in [1.82, 2.24) is 15.2 Å². The third-order valence-electron chi connectivity index (χ3n) is 4.09. The van der Waals surface area contributed by atoms with Gasteiger partial charge in [-0.05, 0) is 23.8 Å². The van der Waals surface area contributed by atoms with E-state index in [4.69, 9.17) is 27.9 Å². The lowest BCUT2D eigenvalue weighted by atomic mass is 10.0. The summed E-state index contributed by atoms with van der Waals surface area (Å²) in [7, 11) is 1.63. The van der Waals surface area contributed by atoms with Crippen LogP contribution < -0.4 is 10.1 Å². The van der Waals surface area contributed by atoms with E-state index in [0.717, 1.165) is 31.7 Å². The molecular weight excluding hydrogens is 333 g/mol. The molecule has 1 fully saturated rings. The number of halogens is 2. The van der Waals surface area contributed by atoms with E-state index in [9.17, 15) is 0 Å². The molecule has 0 radical (unpaired) electrons. The van der Waals surface area contributed by atoms with Crippen LogP contribution in [0.5, 0.6) is 5.75 Å². The molecule has 6 heteroatoms. The summed E-state index contributed by atoms with van der Waals surface area (Å²) in [5.74, 6) is 0.694.